The molecule has 124 valence electrons. The van der Waals surface area contributed by atoms with Gasteiger partial charge < -0.3 is 31.9 Å². The number of aliphatic hydroxyl groups is 1. The van der Waals surface area contributed by atoms with Crippen molar-refractivity contribution in [2.75, 3.05) is 19.7 Å². The molecule has 0 bridgehead atoms. The summed E-state index contributed by atoms with van der Waals surface area (Å²) in [5, 5.41) is 14.1. The first kappa shape index (κ1) is 19.6. The van der Waals surface area contributed by atoms with Crippen molar-refractivity contribution in [1.29, 1.82) is 0 Å². The number of carbonyl (C=O) groups is 2. The average molecular weight is 304 g/mol. The summed E-state index contributed by atoms with van der Waals surface area (Å²) >= 11 is 0. The Morgan fingerprint density at radius 1 is 1.33 bits per heavy atom. The van der Waals surface area contributed by atoms with E-state index in [1.807, 2.05) is 0 Å². The largest absolute Gasteiger partial charge is 0.444 e. The summed E-state index contributed by atoms with van der Waals surface area (Å²) in [5.74, 6) is -0.471. The Morgan fingerprint density at radius 3 is 2.43 bits per heavy atom. The fourth-order valence-electron chi connectivity index (χ4n) is 1.50. The Labute approximate surface area is 125 Å². The zero-order chi connectivity index (χ0) is 16.5. The van der Waals surface area contributed by atoms with E-state index in [-0.39, 0.29) is 12.6 Å². The van der Waals surface area contributed by atoms with Gasteiger partial charge in [0.1, 0.15) is 11.6 Å². The number of amides is 2. The van der Waals surface area contributed by atoms with Crippen LogP contribution >= 0.6 is 0 Å². The van der Waals surface area contributed by atoms with Crippen molar-refractivity contribution >= 4 is 12.0 Å². The lowest BCUT2D eigenvalue weighted by Gasteiger charge is -2.24. The van der Waals surface area contributed by atoms with E-state index in [0.29, 0.717) is 19.4 Å². The molecule has 0 aromatic carbocycles. The van der Waals surface area contributed by atoms with Crippen molar-refractivity contribution in [3.8, 4) is 0 Å². The Hall–Kier alpha value is -1.38. The van der Waals surface area contributed by atoms with Gasteiger partial charge in [-0.1, -0.05) is 0 Å². The van der Waals surface area contributed by atoms with Crippen LogP contribution in [0.25, 0.3) is 0 Å². The zero-order valence-electron chi connectivity index (χ0n) is 13.0. The smallest absolute Gasteiger partial charge is 0.407 e. The highest BCUT2D eigenvalue weighted by atomic mass is 16.6. The number of hydrogen-bond donors (Lipinski definition) is 5. The van der Waals surface area contributed by atoms with Gasteiger partial charge in [0, 0.05) is 12.6 Å². The second-order valence-corrected chi connectivity index (χ2v) is 5.81. The fraction of sp³-hybridized carbons (Fsp3) is 0.846. The van der Waals surface area contributed by atoms with Gasteiger partial charge in [0.15, 0.2) is 0 Å². The summed E-state index contributed by atoms with van der Waals surface area (Å²) in [6.45, 7) is 5.55. The zero-order valence-corrected chi connectivity index (χ0v) is 13.0. The van der Waals surface area contributed by atoms with Crippen molar-refractivity contribution in [3.63, 3.8) is 0 Å². The second-order valence-electron chi connectivity index (χ2n) is 5.81. The second kappa shape index (κ2) is 9.54. The monoisotopic (exact) mass is 304 g/mol. The van der Waals surface area contributed by atoms with Crippen LogP contribution in [0.1, 0.15) is 33.6 Å². The van der Waals surface area contributed by atoms with Gasteiger partial charge in [-0.2, -0.15) is 0 Å². The standard InChI is InChI=1S/C13H28N4O4/c1-13(2,3)21-12(20)17-9(5-4-6-14)7-16-11(19)10(15)8-18/h9-10,18H,4-8,14-15H2,1-3H3,(H,16,19)(H,17,20)/t9-,10-/m0/s1. The van der Waals surface area contributed by atoms with Crippen LogP contribution in [0.3, 0.4) is 0 Å². The molecule has 21 heavy (non-hydrogen) atoms. The normalized spacial score (nSPS) is 14.2. The van der Waals surface area contributed by atoms with E-state index in [1.54, 1.807) is 20.8 Å². The molecule has 2 atom stereocenters. The quantitative estimate of drug-likeness (QED) is 0.392. The Bertz CT molecular complexity index is 331. The van der Waals surface area contributed by atoms with Crippen molar-refractivity contribution in [3.05, 3.63) is 0 Å². The molecule has 0 aliphatic carbocycles. The minimum atomic E-state index is -0.971. The summed E-state index contributed by atoms with van der Waals surface area (Å²) in [4.78, 5) is 23.2. The molecule has 8 heteroatoms. The minimum Gasteiger partial charge on any atom is -0.444 e. The van der Waals surface area contributed by atoms with Gasteiger partial charge in [-0.3, -0.25) is 4.79 Å². The van der Waals surface area contributed by atoms with Gasteiger partial charge in [-0.25, -0.2) is 4.79 Å². The topological polar surface area (TPSA) is 140 Å². The molecule has 0 saturated carbocycles. The maximum Gasteiger partial charge on any atom is 0.407 e. The van der Waals surface area contributed by atoms with E-state index in [4.69, 9.17) is 21.3 Å². The van der Waals surface area contributed by atoms with E-state index < -0.39 is 30.3 Å². The molecule has 0 aromatic heterocycles. The van der Waals surface area contributed by atoms with Gasteiger partial charge in [-0.15, -0.1) is 0 Å². The SMILES string of the molecule is CC(C)(C)OC(=O)N[C@@H](CCCN)CNC(=O)[C@@H](N)CO. The van der Waals surface area contributed by atoms with Crippen molar-refractivity contribution in [2.45, 2.75) is 51.3 Å². The van der Waals surface area contributed by atoms with Crippen LogP contribution in [0, 0.1) is 0 Å². The van der Waals surface area contributed by atoms with Crippen LogP contribution in [0.4, 0.5) is 4.79 Å². The van der Waals surface area contributed by atoms with E-state index >= 15 is 0 Å². The molecule has 0 unspecified atom stereocenters. The first-order chi connectivity index (χ1) is 9.69. The van der Waals surface area contributed by atoms with Gasteiger partial charge in [0.05, 0.1) is 6.61 Å². The summed E-state index contributed by atoms with van der Waals surface area (Å²) in [5.41, 5.74) is 10.3. The molecule has 0 aliphatic rings. The minimum absolute atomic E-state index is 0.200. The Kier molecular flexibility index (Phi) is 8.91. The number of nitrogens with two attached hydrogens (primary N) is 2. The van der Waals surface area contributed by atoms with Crippen LogP contribution < -0.4 is 22.1 Å². The molecule has 0 aromatic rings. The number of alkyl carbamates (subject to hydrolysis) is 1. The third-order valence-corrected chi connectivity index (χ3v) is 2.53. The molecule has 0 fully saturated rings. The Balaban J connectivity index is 4.38. The van der Waals surface area contributed by atoms with Gasteiger partial charge >= 0.3 is 6.09 Å². The third kappa shape index (κ3) is 10.1. The van der Waals surface area contributed by atoms with E-state index in [9.17, 15) is 9.59 Å². The number of ether oxygens (including phenoxy) is 1. The first-order valence-corrected chi connectivity index (χ1v) is 7.03. The summed E-state index contributed by atoms with van der Waals surface area (Å²) < 4.78 is 5.16. The first-order valence-electron chi connectivity index (χ1n) is 7.03. The predicted octanol–water partition coefficient (Wildman–Crippen LogP) is -0.946. The number of hydrogen-bond acceptors (Lipinski definition) is 6. The molecule has 8 nitrogen and oxygen atoms in total. The Morgan fingerprint density at radius 2 is 1.95 bits per heavy atom. The summed E-state index contributed by atoms with van der Waals surface area (Å²) in [6.07, 6.45) is 0.748. The summed E-state index contributed by atoms with van der Waals surface area (Å²) in [6, 6.07) is -1.28. The molecule has 0 saturated heterocycles. The fourth-order valence-corrected chi connectivity index (χ4v) is 1.50. The highest BCUT2D eigenvalue weighted by molar-refractivity contribution is 5.81. The van der Waals surface area contributed by atoms with E-state index in [1.165, 1.54) is 0 Å². The molecular weight excluding hydrogens is 276 g/mol. The molecule has 7 N–H and O–H groups in total. The molecular formula is C13H28N4O4. The molecule has 0 radical (unpaired) electrons. The van der Waals surface area contributed by atoms with E-state index in [0.717, 1.165) is 0 Å². The van der Waals surface area contributed by atoms with Gasteiger partial charge in [0.2, 0.25) is 5.91 Å². The molecule has 0 heterocycles. The van der Waals surface area contributed by atoms with Crippen molar-refractivity contribution in [1.82, 2.24) is 10.6 Å². The van der Waals surface area contributed by atoms with Crippen molar-refractivity contribution < 1.29 is 19.4 Å². The van der Waals surface area contributed by atoms with Crippen LogP contribution in [0.15, 0.2) is 0 Å². The predicted molar refractivity (Wildman–Crippen MR) is 79.5 cm³/mol. The maximum atomic E-state index is 11.7. The lowest BCUT2D eigenvalue weighted by molar-refractivity contribution is -0.123. The van der Waals surface area contributed by atoms with Crippen LogP contribution in [0.5, 0.6) is 0 Å². The summed E-state index contributed by atoms with van der Waals surface area (Å²) in [7, 11) is 0. The van der Waals surface area contributed by atoms with Crippen LogP contribution in [-0.4, -0.2) is 54.5 Å². The lowest BCUT2D eigenvalue weighted by Crippen LogP contribution is -2.49. The van der Waals surface area contributed by atoms with Gasteiger partial charge in [-0.05, 0) is 40.2 Å². The number of rotatable bonds is 8. The van der Waals surface area contributed by atoms with Crippen molar-refractivity contribution in [2.24, 2.45) is 11.5 Å². The van der Waals surface area contributed by atoms with Crippen LogP contribution in [-0.2, 0) is 9.53 Å². The third-order valence-electron chi connectivity index (χ3n) is 2.53. The van der Waals surface area contributed by atoms with Gasteiger partial charge in [0.25, 0.3) is 0 Å². The van der Waals surface area contributed by atoms with E-state index in [2.05, 4.69) is 10.6 Å². The average Bonchev–Trinajstić information content (AvgIpc) is 2.38. The highest BCUT2D eigenvalue weighted by Gasteiger charge is 2.20. The molecule has 0 rings (SSSR count). The number of aliphatic hydroxyl groups excluding tert-OH is 1. The molecule has 0 spiro atoms. The number of nitrogens with one attached hydrogen (secondary N) is 2. The lowest BCUT2D eigenvalue weighted by atomic mass is 10.1. The molecule has 2 amide bonds. The van der Waals surface area contributed by atoms with Crippen LogP contribution in [0.2, 0.25) is 0 Å². The number of carbonyl (C=O) groups excluding carboxylic acids is 2. The molecule has 0 aliphatic heterocycles. The maximum absolute atomic E-state index is 11.7. The highest BCUT2D eigenvalue weighted by Crippen LogP contribution is 2.07.